The van der Waals surface area contributed by atoms with Gasteiger partial charge in [-0.1, -0.05) is 33.3 Å². The van der Waals surface area contributed by atoms with Crippen LogP contribution < -0.4 is 5.32 Å². The van der Waals surface area contributed by atoms with Crippen LogP contribution in [0, 0.1) is 11.3 Å². The zero-order valence-corrected chi connectivity index (χ0v) is 8.98. The molecule has 0 spiro atoms. The van der Waals surface area contributed by atoms with Crippen molar-refractivity contribution in [2.24, 2.45) is 11.3 Å². The van der Waals surface area contributed by atoms with E-state index >= 15 is 0 Å². The Hall–Kier alpha value is -0.790. The summed E-state index contributed by atoms with van der Waals surface area (Å²) in [5.74, 6) is 0.539. The van der Waals surface area contributed by atoms with E-state index in [2.05, 4.69) is 33.0 Å². The van der Waals surface area contributed by atoms with Crippen molar-refractivity contribution in [1.29, 1.82) is 0 Å². The summed E-state index contributed by atoms with van der Waals surface area (Å²) in [5, 5.41) is 2.90. The highest BCUT2D eigenvalue weighted by molar-refractivity contribution is 5.88. The lowest BCUT2D eigenvalue weighted by Crippen LogP contribution is -2.30. The summed E-state index contributed by atoms with van der Waals surface area (Å²) in [5.41, 5.74) is 1.46. The Morgan fingerprint density at radius 1 is 1.46 bits per heavy atom. The monoisotopic (exact) mass is 181 g/mol. The van der Waals surface area contributed by atoms with E-state index in [9.17, 15) is 4.79 Å². The largest absolute Gasteiger partial charge is 0.352 e. The molecule has 0 bridgehead atoms. The first kappa shape index (κ1) is 10.3. The van der Waals surface area contributed by atoms with E-state index in [4.69, 9.17) is 0 Å². The van der Waals surface area contributed by atoms with Gasteiger partial charge in [-0.3, -0.25) is 4.79 Å². The highest BCUT2D eigenvalue weighted by Gasteiger charge is 2.24. The lowest BCUT2D eigenvalue weighted by molar-refractivity contribution is -0.116. The van der Waals surface area contributed by atoms with Crippen LogP contribution in [0.15, 0.2) is 11.6 Å². The van der Waals surface area contributed by atoms with Crippen LogP contribution in [-0.2, 0) is 4.79 Å². The molecule has 1 N–H and O–H groups in total. The fraction of sp³-hybridized carbons (Fsp3) is 0.727. The van der Waals surface area contributed by atoms with E-state index in [1.165, 1.54) is 5.57 Å². The fourth-order valence-electron chi connectivity index (χ4n) is 1.58. The van der Waals surface area contributed by atoms with Crippen molar-refractivity contribution in [3.63, 3.8) is 0 Å². The first-order valence-corrected chi connectivity index (χ1v) is 4.89. The zero-order valence-electron chi connectivity index (χ0n) is 8.98. The lowest BCUT2D eigenvalue weighted by Gasteiger charge is -2.24. The van der Waals surface area contributed by atoms with Crippen molar-refractivity contribution in [2.45, 2.75) is 34.1 Å². The summed E-state index contributed by atoms with van der Waals surface area (Å²) >= 11 is 0. The molecule has 1 heterocycles. The van der Waals surface area contributed by atoms with E-state index in [0.29, 0.717) is 5.92 Å². The molecular weight excluding hydrogens is 162 g/mol. The van der Waals surface area contributed by atoms with Crippen LogP contribution in [0.1, 0.15) is 34.1 Å². The van der Waals surface area contributed by atoms with Crippen LogP contribution >= 0.6 is 0 Å². The van der Waals surface area contributed by atoms with Gasteiger partial charge in [0.25, 0.3) is 0 Å². The van der Waals surface area contributed by atoms with Crippen molar-refractivity contribution < 1.29 is 4.79 Å². The van der Waals surface area contributed by atoms with Crippen molar-refractivity contribution in [3.8, 4) is 0 Å². The number of carbonyl (C=O) groups excluding carboxylic acids is 1. The minimum absolute atomic E-state index is 0.0641. The maximum atomic E-state index is 11.3. The topological polar surface area (TPSA) is 29.1 Å². The zero-order chi connectivity index (χ0) is 10.1. The third-order valence-electron chi connectivity index (χ3n) is 2.48. The van der Waals surface area contributed by atoms with E-state index in [1.807, 2.05) is 0 Å². The van der Waals surface area contributed by atoms with Gasteiger partial charge in [0.15, 0.2) is 0 Å². The van der Waals surface area contributed by atoms with Crippen LogP contribution in [0.25, 0.3) is 0 Å². The molecular formula is C11H19NO. The Morgan fingerprint density at radius 3 is 2.62 bits per heavy atom. The number of allylic oxidation sites excluding steroid dienone is 1. The second-order valence-corrected chi connectivity index (χ2v) is 4.93. The van der Waals surface area contributed by atoms with Crippen molar-refractivity contribution >= 4 is 5.91 Å². The van der Waals surface area contributed by atoms with Gasteiger partial charge in [0.1, 0.15) is 0 Å². The number of amides is 1. The van der Waals surface area contributed by atoms with Crippen molar-refractivity contribution in [1.82, 2.24) is 5.32 Å². The van der Waals surface area contributed by atoms with Gasteiger partial charge in [-0.2, -0.15) is 0 Å². The number of rotatable bonds is 1. The second kappa shape index (κ2) is 3.52. The van der Waals surface area contributed by atoms with Crippen LogP contribution in [0.5, 0.6) is 0 Å². The third-order valence-corrected chi connectivity index (χ3v) is 2.48. The summed E-state index contributed by atoms with van der Waals surface area (Å²) in [7, 11) is 0. The van der Waals surface area contributed by atoms with Gasteiger partial charge in [0.05, 0.1) is 0 Å². The van der Waals surface area contributed by atoms with E-state index in [-0.39, 0.29) is 11.3 Å². The third kappa shape index (κ3) is 2.87. The molecule has 1 aliphatic rings. The molecule has 0 unspecified atom stereocenters. The average Bonchev–Trinajstić information content (AvgIpc) is 2.11. The molecule has 0 aliphatic carbocycles. The van der Waals surface area contributed by atoms with E-state index < -0.39 is 0 Å². The number of hydrogen-bond acceptors (Lipinski definition) is 1. The molecule has 0 saturated carbocycles. The van der Waals surface area contributed by atoms with Gasteiger partial charge < -0.3 is 5.32 Å². The molecule has 0 radical (unpaired) electrons. The molecule has 0 fully saturated rings. The van der Waals surface area contributed by atoms with Gasteiger partial charge in [-0.15, -0.1) is 0 Å². The van der Waals surface area contributed by atoms with Gasteiger partial charge in [0.2, 0.25) is 5.91 Å². The molecule has 74 valence electrons. The van der Waals surface area contributed by atoms with Gasteiger partial charge in [-0.25, -0.2) is 0 Å². The summed E-state index contributed by atoms with van der Waals surface area (Å²) in [4.78, 5) is 11.3. The predicted octanol–water partition coefficient (Wildman–Crippen LogP) is 2.11. The van der Waals surface area contributed by atoms with E-state index in [1.54, 1.807) is 6.08 Å². The molecule has 1 rings (SSSR count). The van der Waals surface area contributed by atoms with Crippen molar-refractivity contribution in [3.05, 3.63) is 11.6 Å². The van der Waals surface area contributed by atoms with Crippen LogP contribution in [0.3, 0.4) is 0 Å². The molecule has 2 heteroatoms. The average molecular weight is 181 g/mol. The lowest BCUT2D eigenvalue weighted by atomic mass is 9.83. The summed E-state index contributed by atoms with van der Waals surface area (Å²) in [6, 6.07) is 0. The fourth-order valence-corrected chi connectivity index (χ4v) is 1.58. The Bertz CT molecular complexity index is 238. The quantitative estimate of drug-likeness (QED) is 0.659. The van der Waals surface area contributed by atoms with Crippen molar-refractivity contribution in [2.75, 3.05) is 6.54 Å². The Kier molecular flexibility index (Phi) is 2.79. The molecule has 0 aromatic heterocycles. The first-order chi connectivity index (χ1) is 5.91. The first-order valence-electron chi connectivity index (χ1n) is 4.89. The summed E-state index contributed by atoms with van der Waals surface area (Å²) in [6.07, 6.45) is 2.78. The molecule has 1 amide bonds. The molecule has 1 aliphatic heterocycles. The molecule has 0 atom stereocenters. The highest BCUT2D eigenvalue weighted by Crippen LogP contribution is 2.29. The van der Waals surface area contributed by atoms with Gasteiger partial charge >= 0.3 is 0 Å². The molecule has 2 nitrogen and oxygen atoms in total. The molecule has 0 aromatic carbocycles. The standard InChI is InChI=1S/C11H19NO/c1-8(2)9-5-10(13)12-7-11(3,4)6-9/h5,8H,6-7H2,1-4H3,(H,12,13). The summed E-state index contributed by atoms with van der Waals surface area (Å²) in [6.45, 7) is 9.43. The Balaban J connectivity index is 2.85. The minimum atomic E-state index is 0.0641. The normalized spacial score (nSPS) is 22.2. The number of carbonyl (C=O) groups is 1. The van der Waals surface area contributed by atoms with Crippen LogP contribution in [0.4, 0.5) is 0 Å². The van der Waals surface area contributed by atoms with Crippen LogP contribution in [0.2, 0.25) is 0 Å². The maximum absolute atomic E-state index is 11.3. The second-order valence-electron chi connectivity index (χ2n) is 4.93. The summed E-state index contributed by atoms with van der Waals surface area (Å²) < 4.78 is 0. The maximum Gasteiger partial charge on any atom is 0.243 e. The number of nitrogens with one attached hydrogen (secondary N) is 1. The van der Waals surface area contributed by atoms with Gasteiger partial charge in [-0.05, 0) is 17.8 Å². The van der Waals surface area contributed by atoms with E-state index in [0.717, 1.165) is 13.0 Å². The molecule has 0 aromatic rings. The Morgan fingerprint density at radius 2 is 2.08 bits per heavy atom. The van der Waals surface area contributed by atoms with Crippen LogP contribution in [-0.4, -0.2) is 12.5 Å². The minimum Gasteiger partial charge on any atom is -0.352 e. The molecule has 0 saturated heterocycles. The predicted molar refractivity (Wildman–Crippen MR) is 54.3 cm³/mol. The number of hydrogen-bond donors (Lipinski definition) is 1. The highest BCUT2D eigenvalue weighted by atomic mass is 16.1. The van der Waals surface area contributed by atoms with Gasteiger partial charge in [0, 0.05) is 12.6 Å². The smallest absolute Gasteiger partial charge is 0.243 e. The Labute approximate surface area is 80.4 Å². The molecule has 13 heavy (non-hydrogen) atoms. The SMILES string of the molecule is CC(C)C1=CC(=O)NCC(C)(C)C1.